The van der Waals surface area contributed by atoms with E-state index in [9.17, 15) is 18.7 Å². The van der Waals surface area contributed by atoms with Crippen LogP contribution in [0.2, 0.25) is 0 Å². The molecule has 1 saturated heterocycles. The third-order valence-corrected chi connectivity index (χ3v) is 6.19. The van der Waals surface area contributed by atoms with Gasteiger partial charge in [-0.1, -0.05) is 18.2 Å². The van der Waals surface area contributed by atoms with Gasteiger partial charge in [-0.05, 0) is 45.2 Å². The summed E-state index contributed by atoms with van der Waals surface area (Å²) in [4.78, 5) is 15.1. The zero-order chi connectivity index (χ0) is 21.0. The molecular formula is C22H27F2N3O2. The summed E-state index contributed by atoms with van der Waals surface area (Å²) in [5.74, 6) is -3.77. The summed E-state index contributed by atoms with van der Waals surface area (Å²) in [6, 6.07) is 6.75. The van der Waals surface area contributed by atoms with Crippen molar-refractivity contribution >= 4 is 5.91 Å². The first-order chi connectivity index (χ1) is 13.6. The van der Waals surface area contributed by atoms with Crippen molar-refractivity contribution in [3.05, 3.63) is 53.3 Å². The molecule has 156 valence electrons. The van der Waals surface area contributed by atoms with Crippen LogP contribution in [0.1, 0.15) is 73.5 Å². The van der Waals surface area contributed by atoms with Gasteiger partial charge in [-0.2, -0.15) is 5.10 Å². The second kappa shape index (κ2) is 6.90. The molecule has 1 saturated carbocycles. The van der Waals surface area contributed by atoms with E-state index in [0.29, 0.717) is 17.7 Å². The zero-order valence-electron chi connectivity index (χ0n) is 17.0. The molecule has 1 aromatic carbocycles. The molecule has 1 aliphatic carbocycles. The number of likely N-dealkylation sites (tertiary alicyclic amines) is 1. The number of aromatic nitrogens is 2. The molecule has 4 rings (SSSR count). The maximum absolute atomic E-state index is 13.7. The number of amides is 1. The topological polar surface area (TPSA) is 58.4 Å². The molecule has 0 bridgehead atoms. The number of carbonyl (C=O) groups excluding carboxylic acids is 1. The minimum Gasteiger partial charge on any atom is -0.386 e. The van der Waals surface area contributed by atoms with Gasteiger partial charge in [0.15, 0.2) is 0 Å². The molecule has 0 spiro atoms. The molecule has 0 unspecified atom stereocenters. The van der Waals surface area contributed by atoms with Crippen molar-refractivity contribution in [2.24, 2.45) is 0 Å². The summed E-state index contributed by atoms with van der Waals surface area (Å²) in [6.07, 6.45) is 4.94. The van der Waals surface area contributed by atoms with E-state index in [0.717, 1.165) is 18.4 Å². The van der Waals surface area contributed by atoms with E-state index in [1.807, 2.05) is 13.1 Å². The zero-order valence-corrected chi connectivity index (χ0v) is 17.0. The number of carbonyl (C=O) groups is 1. The van der Waals surface area contributed by atoms with Gasteiger partial charge >= 0.3 is 0 Å². The van der Waals surface area contributed by atoms with Crippen LogP contribution in [0.4, 0.5) is 8.78 Å². The van der Waals surface area contributed by atoms with Crippen molar-refractivity contribution in [1.82, 2.24) is 14.7 Å². The largest absolute Gasteiger partial charge is 0.386 e. The molecule has 2 fully saturated rings. The number of halogens is 2. The van der Waals surface area contributed by atoms with E-state index < -0.39 is 17.4 Å². The van der Waals surface area contributed by atoms with Crippen molar-refractivity contribution in [1.29, 1.82) is 0 Å². The molecule has 1 amide bonds. The Morgan fingerprint density at radius 3 is 2.59 bits per heavy atom. The highest BCUT2D eigenvalue weighted by molar-refractivity contribution is 5.96. The second-order valence-electron chi connectivity index (χ2n) is 8.91. The van der Waals surface area contributed by atoms with Crippen LogP contribution in [0.25, 0.3) is 0 Å². The predicted octanol–water partition coefficient (Wildman–Crippen LogP) is 4.10. The lowest BCUT2D eigenvalue weighted by molar-refractivity contribution is 0.0554. The van der Waals surface area contributed by atoms with Gasteiger partial charge in [0.25, 0.3) is 11.8 Å². The van der Waals surface area contributed by atoms with Gasteiger partial charge in [-0.3, -0.25) is 9.48 Å². The van der Waals surface area contributed by atoms with Crippen LogP contribution in [0.5, 0.6) is 0 Å². The fraction of sp³-hybridized carbons (Fsp3) is 0.545. The summed E-state index contributed by atoms with van der Waals surface area (Å²) < 4.78 is 29.1. The Bertz CT molecular complexity index is 919. The summed E-state index contributed by atoms with van der Waals surface area (Å²) in [6.45, 7) is 5.87. The van der Waals surface area contributed by atoms with Crippen molar-refractivity contribution in [2.45, 2.75) is 69.6 Å². The molecule has 1 aromatic heterocycles. The first-order valence-electron chi connectivity index (χ1n) is 10.1. The number of alkyl halides is 2. The van der Waals surface area contributed by atoms with Gasteiger partial charge < -0.3 is 10.0 Å². The Labute approximate surface area is 169 Å². The van der Waals surface area contributed by atoms with Gasteiger partial charge in [0.1, 0.15) is 0 Å². The van der Waals surface area contributed by atoms with E-state index in [1.165, 1.54) is 0 Å². The van der Waals surface area contributed by atoms with Crippen molar-refractivity contribution in [2.75, 3.05) is 6.54 Å². The predicted molar refractivity (Wildman–Crippen MR) is 105 cm³/mol. The molecule has 29 heavy (non-hydrogen) atoms. The first-order valence-corrected chi connectivity index (χ1v) is 10.1. The van der Waals surface area contributed by atoms with Gasteiger partial charge in [-0.15, -0.1) is 0 Å². The average molecular weight is 403 g/mol. The standard InChI is InChI=1S/C22H27F2N3O2/c1-14-8-9-16(27-12-15(11-25-27)21(2,3)29)13-26(14)20(28)18-7-5-4-6-17(18)19-10-22(19,23)24/h4-7,11-12,14,16,19,29H,8-10,13H2,1-3H3/t14-,16-,19+/m1/s1. The minimum absolute atomic E-state index is 0.0132. The number of hydrogen-bond donors (Lipinski definition) is 1. The highest BCUT2D eigenvalue weighted by Gasteiger charge is 2.58. The van der Waals surface area contributed by atoms with Crippen molar-refractivity contribution in [3.8, 4) is 0 Å². The van der Waals surface area contributed by atoms with E-state index in [1.54, 1.807) is 53.9 Å². The minimum atomic E-state index is -2.71. The molecule has 2 heterocycles. The number of hydrogen-bond acceptors (Lipinski definition) is 3. The molecule has 7 heteroatoms. The number of aliphatic hydroxyl groups is 1. The Morgan fingerprint density at radius 2 is 1.97 bits per heavy atom. The van der Waals surface area contributed by atoms with Gasteiger partial charge in [-0.25, -0.2) is 8.78 Å². The fourth-order valence-corrected chi connectivity index (χ4v) is 4.14. The highest BCUT2D eigenvalue weighted by atomic mass is 19.3. The summed E-state index contributed by atoms with van der Waals surface area (Å²) in [5, 5.41) is 14.6. The maximum Gasteiger partial charge on any atom is 0.255 e. The van der Waals surface area contributed by atoms with Crippen LogP contribution < -0.4 is 0 Å². The fourth-order valence-electron chi connectivity index (χ4n) is 4.14. The first kappa shape index (κ1) is 20.0. The van der Waals surface area contributed by atoms with E-state index in [4.69, 9.17) is 0 Å². The summed E-state index contributed by atoms with van der Waals surface area (Å²) >= 11 is 0. The molecule has 5 nitrogen and oxygen atoms in total. The molecule has 0 radical (unpaired) electrons. The number of benzene rings is 1. The molecule has 1 aliphatic heterocycles. The van der Waals surface area contributed by atoms with Gasteiger partial charge in [0.05, 0.1) is 23.8 Å². The normalized spacial score (nSPS) is 26.4. The second-order valence-corrected chi connectivity index (χ2v) is 8.91. The van der Waals surface area contributed by atoms with Crippen molar-refractivity contribution < 1.29 is 18.7 Å². The Hall–Kier alpha value is -2.28. The monoisotopic (exact) mass is 403 g/mol. The quantitative estimate of drug-likeness (QED) is 0.836. The lowest BCUT2D eigenvalue weighted by atomic mass is 9.96. The van der Waals surface area contributed by atoms with Gasteiger partial charge in [0, 0.05) is 36.3 Å². The SMILES string of the molecule is C[C@@H]1CC[C@@H](n2cc(C(C)(C)O)cn2)CN1C(=O)c1ccccc1[C@@H]1CC1(F)F. The van der Waals surface area contributed by atoms with Gasteiger partial charge in [0.2, 0.25) is 0 Å². The van der Waals surface area contributed by atoms with E-state index in [2.05, 4.69) is 5.10 Å². The van der Waals surface area contributed by atoms with Crippen LogP contribution in [0.15, 0.2) is 36.7 Å². The number of piperidine rings is 1. The van der Waals surface area contributed by atoms with Crippen LogP contribution in [0.3, 0.4) is 0 Å². The van der Waals surface area contributed by atoms with Crippen molar-refractivity contribution in [3.63, 3.8) is 0 Å². The maximum atomic E-state index is 13.7. The third kappa shape index (κ3) is 3.80. The van der Waals surface area contributed by atoms with Crippen LogP contribution >= 0.6 is 0 Å². The molecule has 1 N–H and O–H groups in total. The Kier molecular flexibility index (Phi) is 4.76. The third-order valence-electron chi connectivity index (χ3n) is 6.19. The van der Waals surface area contributed by atoms with E-state index >= 15 is 0 Å². The average Bonchev–Trinajstić information content (AvgIpc) is 3.06. The van der Waals surface area contributed by atoms with E-state index in [-0.39, 0.29) is 24.4 Å². The van der Waals surface area contributed by atoms with Crippen LogP contribution in [0, 0.1) is 0 Å². The Morgan fingerprint density at radius 1 is 1.28 bits per heavy atom. The molecule has 3 atom stereocenters. The van der Waals surface area contributed by atoms with Crippen LogP contribution in [-0.4, -0.2) is 44.2 Å². The van der Waals surface area contributed by atoms with Crippen LogP contribution in [-0.2, 0) is 5.60 Å². The lowest BCUT2D eigenvalue weighted by Gasteiger charge is -2.38. The molecule has 2 aromatic rings. The molecule has 2 aliphatic rings. The lowest BCUT2D eigenvalue weighted by Crippen LogP contribution is -2.46. The molecular weight excluding hydrogens is 376 g/mol. The Balaban J connectivity index is 1.57. The smallest absolute Gasteiger partial charge is 0.255 e. The number of rotatable bonds is 4. The summed E-state index contributed by atoms with van der Waals surface area (Å²) in [7, 11) is 0. The number of nitrogens with zero attached hydrogens (tertiary/aromatic N) is 3. The summed E-state index contributed by atoms with van der Waals surface area (Å²) in [5.41, 5.74) is 0.555. The highest BCUT2D eigenvalue weighted by Crippen LogP contribution is 2.56.